The number of anilines is 1. The Morgan fingerprint density at radius 1 is 0.853 bits per heavy atom. The van der Waals surface area contributed by atoms with Crippen molar-refractivity contribution < 1.29 is 14.7 Å². The van der Waals surface area contributed by atoms with E-state index in [0.29, 0.717) is 32.7 Å². The second-order valence-electron chi connectivity index (χ2n) is 7.47. The van der Waals surface area contributed by atoms with Gasteiger partial charge in [-0.1, -0.05) is 77.8 Å². The first-order valence-corrected chi connectivity index (χ1v) is 11.9. The molecule has 0 saturated carbocycles. The van der Waals surface area contributed by atoms with Crippen molar-refractivity contribution >= 4 is 63.5 Å². The van der Waals surface area contributed by atoms with Crippen LogP contribution in [0.5, 0.6) is 0 Å². The summed E-state index contributed by atoms with van der Waals surface area (Å²) in [5.41, 5.74) is 2.18. The molecule has 4 rings (SSSR count). The fraction of sp³-hybridized carbons (Fsp3) is 0.0769. The molecule has 0 heterocycles. The third-order valence-electron chi connectivity index (χ3n) is 5.04. The highest BCUT2D eigenvalue weighted by Gasteiger charge is 2.18. The van der Waals surface area contributed by atoms with Crippen molar-refractivity contribution in [3.8, 4) is 0 Å². The van der Waals surface area contributed by atoms with E-state index in [1.165, 1.54) is 11.9 Å². The van der Waals surface area contributed by atoms with Crippen molar-refractivity contribution in [2.45, 2.75) is 11.4 Å². The van der Waals surface area contributed by atoms with Gasteiger partial charge in [-0.05, 0) is 53.2 Å². The van der Waals surface area contributed by atoms with Gasteiger partial charge >= 0.3 is 5.97 Å². The Labute approximate surface area is 211 Å². The fourth-order valence-corrected chi connectivity index (χ4v) is 5.28. The number of aliphatic carboxylic acids is 1. The molecule has 0 saturated heterocycles. The highest BCUT2D eigenvalue weighted by Crippen LogP contribution is 2.37. The summed E-state index contributed by atoms with van der Waals surface area (Å²) in [5.74, 6) is -1.19. The number of carbonyl (C=O) groups is 2. The molecule has 4 aromatic carbocycles. The van der Waals surface area contributed by atoms with Crippen molar-refractivity contribution in [1.82, 2.24) is 5.32 Å². The van der Waals surface area contributed by atoms with Crippen molar-refractivity contribution in [3.05, 3.63) is 106 Å². The van der Waals surface area contributed by atoms with Crippen LogP contribution in [0.25, 0.3) is 10.8 Å². The lowest BCUT2D eigenvalue weighted by atomic mass is 10.0. The van der Waals surface area contributed by atoms with Crippen LogP contribution in [0.3, 0.4) is 0 Å². The molecule has 8 heteroatoms. The number of benzene rings is 4. The molecule has 0 fully saturated rings. The van der Waals surface area contributed by atoms with E-state index in [2.05, 4.69) is 5.32 Å². The summed E-state index contributed by atoms with van der Waals surface area (Å²) in [6.45, 7) is 0.143. The maximum atomic E-state index is 13.0. The third kappa shape index (κ3) is 5.83. The average molecular weight is 511 g/mol. The van der Waals surface area contributed by atoms with E-state index >= 15 is 0 Å². The first-order valence-electron chi connectivity index (χ1n) is 10.4. The van der Waals surface area contributed by atoms with Crippen molar-refractivity contribution in [1.29, 1.82) is 0 Å². The van der Waals surface area contributed by atoms with Gasteiger partial charge in [-0.25, -0.2) is 0 Å². The van der Waals surface area contributed by atoms with Crippen LogP contribution < -0.4 is 9.62 Å². The molecular weight excluding hydrogens is 491 g/mol. The zero-order valence-corrected chi connectivity index (χ0v) is 20.2. The number of halogens is 2. The average Bonchev–Trinajstić information content (AvgIpc) is 2.81. The SMILES string of the molecule is O=C(O)CN(Sc1cc(Cl)cc(Cl)c1)c1cccc2c(C(=O)NCc3ccccc3)cccc12. The number of nitrogens with zero attached hydrogens (tertiary/aromatic N) is 1. The molecule has 0 aliphatic rings. The number of nitrogens with one attached hydrogen (secondary N) is 1. The predicted molar refractivity (Wildman–Crippen MR) is 139 cm³/mol. The summed E-state index contributed by atoms with van der Waals surface area (Å²) in [6.07, 6.45) is 0. The normalized spacial score (nSPS) is 10.8. The number of carbonyl (C=O) groups excluding carboxylic acids is 1. The highest BCUT2D eigenvalue weighted by atomic mass is 35.5. The number of hydrogen-bond acceptors (Lipinski definition) is 4. The van der Waals surface area contributed by atoms with Crippen LogP contribution >= 0.6 is 35.1 Å². The minimum atomic E-state index is -0.991. The lowest BCUT2D eigenvalue weighted by Gasteiger charge is -2.23. The molecule has 0 bridgehead atoms. The van der Waals surface area contributed by atoms with Crippen LogP contribution in [-0.4, -0.2) is 23.5 Å². The summed E-state index contributed by atoms with van der Waals surface area (Å²) < 4.78 is 1.65. The monoisotopic (exact) mass is 510 g/mol. The molecule has 0 unspecified atom stereocenters. The number of carboxylic acids is 1. The quantitative estimate of drug-likeness (QED) is 0.259. The van der Waals surface area contributed by atoms with Gasteiger partial charge in [0, 0.05) is 32.4 Å². The second-order valence-corrected chi connectivity index (χ2v) is 9.44. The lowest BCUT2D eigenvalue weighted by Crippen LogP contribution is -2.24. The van der Waals surface area contributed by atoms with Crippen molar-refractivity contribution in [2.75, 3.05) is 10.8 Å². The van der Waals surface area contributed by atoms with Gasteiger partial charge in [-0.15, -0.1) is 0 Å². The summed E-state index contributed by atoms with van der Waals surface area (Å²) in [7, 11) is 0. The Morgan fingerprint density at radius 2 is 1.53 bits per heavy atom. The number of carboxylic acid groups (broad SMARTS) is 1. The molecule has 4 aromatic rings. The first-order chi connectivity index (χ1) is 16.4. The summed E-state index contributed by atoms with van der Waals surface area (Å²) in [4.78, 5) is 25.4. The van der Waals surface area contributed by atoms with E-state index in [0.717, 1.165) is 16.3 Å². The number of fused-ring (bicyclic) bond motifs is 1. The summed E-state index contributed by atoms with van der Waals surface area (Å²) in [5, 5.41) is 14.9. The van der Waals surface area contributed by atoms with E-state index in [9.17, 15) is 14.7 Å². The Bertz CT molecular complexity index is 1330. The summed E-state index contributed by atoms with van der Waals surface area (Å²) in [6, 6.07) is 25.7. The molecule has 0 radical (unpaired) electrons. The Hall–Kier alpha value is -3.19. The molecule has 0 aliphatic heterocycles. The number of rotatable bonds is 8. The van der Waals surface area contributed by atoms with Gasteiger partial charge in [0.1, 0.15) is 6.54 Å². The Kier molecular flexibility index (Phi) is 7.63. The molecule has 0 spiro atoms. The number of hydrogen-bond donors (Lipinski definition) is 2. The van der Waals surface area contributed by atoms with Gasteiger partial charge in [0.15, 0.2) is 0 Å². The predicted octanol–water partition coefficient (Wildman–Crippen LogP) is 6.67. The van der Waals surface area contributed by atoms with Gasteiger partial charge in [0.05, 0.1) is 5.69 Å². The van der Waals surface area contributed by atoms with Gasteiger partial charge < -0.3 is 14.7 Å². The van der Waals surface area contributed by atoms with E-state index < -0.39 is 5.97 Å². The van der Waals surface area contributed by atoms with Gasteiger partial charge in [0.25, 0.3) is 5.91 Å². The van der Waals surface area contributed by atoms with Crippen LogP contribution in [-0.2, 0) is 11.3 Å². The maximum Gasteiger partial charge on any atom is 0.324 e. The molecule has 0 atom stereocenters. The largest absolute Gasteiger partial charge is 0.480 e. The minimum Gasteiger partial charge on any atom is -0.480 e. The van der Waals surface area contributed by atoms with E-state index in [1.807, 2.05) is 54.6 Å². The maximum absolute atomic E-state index is 13.0. The standard InChI is InChI=1S/C26H20Cl2N2O3S/c27-18-12-19(28)14-20(13-18)34-30(16-25(31)32)24-11-5-8-21-22(24)9-4-10-23(21)26(33)29-15-17-6-2-1-3-7-17/h1-14H,15-16H2,(H,29,33)(H,31,32). The summed E-state index contributed by atoms with van der Waals surface area (Å²) >= 11 is 13.5. The molecule has 0 aromatic heterocycles. The number of amides is 1. The van der Waals surface area contributed by atoms with Crippen LogP contribution in [0, 0.1) is 0 Å². The van der Waals surface area contributed by atoms with Crippen molar-refractivity contribution in [2.24, 2.45) is 0 Å². The van der Waals surface area contributed by atoms with E-state index in [1.54, 1.807) is 34.6 Å². The van der Waals surface area contributed by atoms with Crippen LogP contribution in [0.15, 0.2) is 89.8 Å². The smallest absolute Gasteiger partial charge is 0.324 e. The fourth-order valence-electron chi connectivity index (χ4n) is 3.58. The molecule has 5 nitrogen and oxygen atoms in total. The molecule has 34 heavy (non-hydrogen) atoms. The van der Waals surface area contributed by atoms with E-state index in [-0.39, 0.29) is 12.5 Å². The van der Waals surface area contributed by atoms with E-state index in [4.69, 9.17) is 23.2 Å². The second kappa shape index (κ2) is 10.8. The Morgan fingerprint density at radius 3 is 2.24 bits per heavy atom. The van der Waals surface area contributed by atoms with Gasteiger partial charge in [-0.3, -0.25) is 9.59 Å². The molecule has 1 amide bonds. The zero-order chi connectivity index (χ0) is 24.1. The van der Waals surface area contributed by atoms with Gasteiger partial charge in [-0.2, -0.15) is 0 Å². The van der Waals surface area contributed by atoms with Crippen LogP contribution in [0.1, 0.15) is 15.9 Å². The molecular formula is C26H20Cl2N2O3S. The topological polar surface area (TPSA) is 69.6 Å². The highest BCUT2D eigenvalue weighted by molar-refractivity contribution is 8.00. The first kappa shape index (κ1) is 24.0. The van der Waals surface area contributed by atoms with Crippen molar-refractivity contribution in [3.63, 3.8) is 0 Å². The zero-order valence-electron chi connectivity index (χ0n) is 17.9. The minimum absolute atomic E-state index is 0.203. The molecule has 172 valence electrons. The lowest BCUT2D eigenvalue weighted by molar-refractivity contribution is -0.135. The molecule has 0 aliphatic carbocycles. The Balaban J connectivity index is 1.68. The molecule has 2 N–H and O–H groups in total. The third-order valence-corrected chi connectivity index (χ3v) is 6.47. The van der Waals surface area contributed by atoms with Crippen LogP contribution in [0.2, 0.25) is 10.0 Å². The van der Waals surface area contributed by atoms with Crippen LogP contribution in [0.4, 0.5) is 5.69 Å². The van der Waals surface area contributed by atoms with Gasteiger partial charge in [0.2, 0.25) is 0 Å².